The van der Waals surface area contributed by atoms with E-state index in [4.69, 9.17) is 0 Å². The van der Waals surface area contributed by atoms with E-state index in [0.717, 1.165) is 29.5 Å². The first-order valence-electron chi connectivity index (χ1n) is 6.79. The fourth-order valence-electron chi connectivity index (χ4n) is 1.64. The first kappa shape index (κ1) is 27.3. The summed E-state index contributed by atoms with van der Waals surface area (Å²) >= 11 is 0.966. The van der Waals surface area contributed by atoms with Gasteiger partial charge in [0.2, 0.25) is 0 Å². The second-order valence-electron chi connectivity index (χ2n) is 5.43. The highest BCUT2D eigenvalue weighted by molar-refractivity contribution is 14.1. The largest absolute Gasteiger partial charge is 0.466 e. The minimum Gasteiger partial charge on any atom is -0.466 e. The van der Waals surface area contributed by atoms with Gasteiger partial charge in [0, 0.05) is 17.3 Å². The summed E-state index contributed by atoms with van der Waals surface area (Å²) in [6, 6.07) is 0. The summed E-state index contributed by atoms with van der Waals surface area (Å²) in [4.78, 5) is 10.4. The van der Waals surface area contributed by atoms with Crippen LogP contribution >= 0.6 is 22.6 Å². The Kier molecular flexibility index (Phi) is 7.99. The molecule has 0 saturated heterocycles. The number of halogens is 14. The van der Waals surface area contributed by atoms with Crippen LogP contribution in [0.15, 0.2) is 0 Å². The SMILES string of the molecule is CC(=O)OCCC(I)CC(F)(F)C(F)(F)C(F)(F)C(F)(F)C(F)(F)C(F)(F)F. The average molecular weight is 560 g/mol. The van der Waals surface area contributed by atoms with Gasteiger partial charge in [0.1, 0.15) is 0 Å². The van der Waals surface area contributed by atoms with E-state index in [1.807, 2.05) is 0 Å². The lowest BCUT2D eigenvalue weighted by Gasteiger charge is -2.40. The van der Waals surface area contributed by atoms with Crippen LogP contribution in [0.5, 0.6) is 0 Å². The van der Waals surface area contributed by atoms with Gasteiger partial charge in [0.05, 0.1) is 6.61 Å². The highest BCUT2D eigenvalue weighted by Gasteiger charge is 2.90. The van der Waals surface area contributed by atoms with Crippen molar-refractivity contribution >= 4 is 28.6 Å². The summed E-state index contributed by atoms with van der Waals surface area (Å²) < 4.78 is 170. The standard InChI is InChI=1S/C12H10F13IO2/c1-5(27)28-3-2-6(26)4-7(13,14)8(15,16)9(17,18)10(19,20)11(21,22)12(23,24)25/h6H,2-4H2,1H3. The minimum absolute atomic E-state index is 0.660. The molecule has 1 unspecified atom stereocenters. The smallest absolute Gasteiger partial charge is 0.460 e. The normalized spacial score (nSPS) is 16.1. The van der Waals surface area contributed by atoms with Crippen LogP contribution in [-0.4, -0.2) is 52.3 Å². The molecule has 0 aromatic rings. The van der Waals surface area contributed by atoms with E-state index in [0.29, 0.717) is 0 Å². The van der Waals surface area contributed by atoms with Crippen molar-refractivity contribution in [3.8, 4) is 0 Å². The Balaban J connectivity index is 5.76. The van der Waals surface area contributed by atoms with E-state index in [-0.39, 0.29) is 0 Å². The molecule has 0 aliphatic carbocycles. The maximum absolute atomic E-state index is 13.5. The summed E-state index contributed by atoms with van der Waals surface area (Å²) in [6.07, 6.45) is -10.4. The Hall–Kier alpha value is -0.710. The molecule has 0 bridgehead atoms. The molecule has 0 aliphatic rings. The quantitative estimate of drug-likeness (QED) is 0.153. The molecule has 2 nitrogen and oxygen atoms in total. The molecule has 28 heavy (non-hydrogen) atoms. The number of hydrogen-bond donors (Lipinski definition) is 0. The maximum atomic E-state index is 13.5. The molecule has 0 radical (unpaired) electrons. The first-order chi connectivity index (χ1) is 12.1. The molecule has 0 spiro atoms. The van der Waals surface area contributed by atoms with Crippen molar-refractivity contribution in [2.24, 2.45) is 0 Å². The van der Waals surface area contributed by atoms with Crippen molar-refractivity contribution in [1.82, 2.24) is 0 Å². The topological polar surface area (TPSA) is 26.3 Å². The molecule has 0 aliphatic heterocycles. The molecule has 0 amide bonds. The summed E-state index contributed by atoms with van der Waals surface area (Å²) in [5.74, 6) is -37.8. The van der Waals surface area contributed by atoms with E-state index in [9.17, 15) is 61.9 Å². The molecular formula is C12H10F13IO2. The second-order valence-corrected chi connectivity index (χ2v) is 7.19. The zero-order valence-corrected chi connectivity index (χ0v) is 15.5. The van der Waals surface area contributed by atoms with Crippen molar-refractivity contribution in [3.63, 3.8) is 0 Å². The van der Waals surface area contributed by atoms with Crippen molar-refractivity contribution in [1.29, 1.82) is 0 Å². The molecule has 0 saturated carbocycles. The Labute approximate surface area is 161 Å². The molecule has 16 heteroatoms. The first-order valence-corrected chi connectivity index (χ1v) is 8.04. The van der Waals surface area contributed by atoms with Crippen molar-refractivity contribution in [3.05, 3.63) is 0 Å². The number of ether oxygens (including phenoxy) is 1. The van der Waals surface area contributed by atoms with Gasteiger partial charge in [-0.25, -0.2) is 0 Å². The minimum atomic E-state index is -7.90. The van der Waals surface area contributed by atoms with Gasteiger partial charge >= 0.3 is 41.8 Å². The number of carbonyl (C=O) groups excluding carboxylic acids is 1. The number of alkyl halides is 14. The lowest BCUT2D eigenvalue weighted by atomic mass is 9.91. The van der Waals surface area contributed by atoms with E-state index < -0.39 is 65.1 Å². The van der Waals surface area contributed by atoms with Gasteiger partial charge in [-0.05, 0) is 6.42 Å². The number of rotatable bonds is 9. The summed E-state index contributed by atoms with van der Waals surface area (Å²) in [5, 5.41) is 0. The third kappa shape index (κ3) is 4.88. The van der Waals surface area contributed by atoms with Gasteiger partial charge in [0.25, 0.3) is 0 Å². The zero-order valence-electron chi connectivity index (χ0n) is 13.3. The predicted octanol–water partition coefficient (Wildman–Crippen LogP) is 5.87. The molecule has 0 aromatic carbocycles. The maximum Gasteiger partial charge on any atom is 0.460 e. The van der Waals surface area contributed by atoms with Gasteiger partial charge in [-0.3, -0.25) is 4.79 Å². The number of carbonyl (C=O) groups is 1. The predicted molar refractivity (Wildman–Crippen MR) is 74.5 cm³/mol. The van der Waals surface area contributed by atoms with Gasteiger partial charge in [-0.2, -0.15) is 57.1 Å². The van der Waals surface area contributed by atoms with Crippen LogP contribution in [0.4, 0.5) is 57.1 Å². The lowest BCUT2D eigenvalue weighted by molar-refractivity contribution is -0.440. The second kappa shape index (κ2) is 8.20. The van der Waals surface area contributed by atoms with Crippen LogP contribution in [0.25, 0.3) is 0 Å². The van der Waals surface area contributed by atoms with Gasteiger partial charge < -0.3 is 4.74 Å². The van der Waals surface area contributed by atoms with Gasteiger partial charge in [-0.1, -0.05) is 22.6 Å². The van der Waals surface area contributed by atoms with Crippen LogP contribution in [0.3, 0.4) is 0 Å². The Morgan fingerprint density at radius 2 is 1.18 bits per heavy atom. The third-order valence-corrected chi connectivity index (χ3v) is 4.28. The van der Waals surface area contributed by atoms with Crippen LogP contribution in [0, 0.1) is 0 Å². The van der Waals surface area contributed by atoms with Crippen molar-refractivity contribution < 1.29 is 66.6 Å². The molecule has 168 valence electrons. The fourth-order valence-corrected chi connectivity index (χ4v) is 2.45. The average Bonchev–Trinajstić information content (AvgIpc) is 2.44. The molecule has 0 heterocycles. The van der Waals surface area contributed by atoms with Crippen LogP contribution in [0.1, 0.15) is 19.8 Å². The van der Waals surface area contributed by atoms with E-state index in [1.54, 1.807) is 0 Å². The van der Waals surface area contributed by atoms with Crippen LogP contribution < -0.4 is 0 Å². The van der Waals surface area contributed by atoms with E-state index in [1.165, 1.54) is 0 Å². The highest BCUT2D eigenvalue weighted by Crippen LogP contribution is 2.60. The van der Waals surface area contributed by atoms with Crippen LogP contribution in [-0.2, 0) is 9.53 Å². The summed E-state index contributed by atoms with van der Waals surface area (Å²) in [6.45, 7) is 0.206. The molecule has 0 N–H and O–H groups in total. The van der Waals surface area contributed by atoms with Gasteiger partial charge in [-0.15, -0.1) is 0 Å². The van der Waals surface area contributed by atoms with Crippen molar-refractivity contribution in [2.45, 2.75) is 59.5 Å². The summed E-state index contributed by atoms with van der Waals surface area (Å²) in [5.41, 5.74) is 0. The monoisotopic (exact) mass is 560 g/mol. The number of hydrogen-bond acceptors (Lipinski definition) is 2. The Morgan fingerprint density at radius 3 is 1.54 bits per heavy atom. The highest BCUT2D eigenvalue weighted by atomic mass is 127. The lowest BCUT2D eigenvalue weighted by Crippen LogP contribution is -2.70. The van der Waals surface area contributed by atoms with E-state index >= 15 is 0 Å². The Bertz CT molecular complexity index is 558. The van der Waals surface area contributed by atoms with E-state index in [2.05, 4.69) is 4.74 Å². The molecule has 0 aromatic heterocycles. The van der Waals surface area contributed by atoms with Crippen LogP contribution in [0.2, 0.25) is 0 Å². The molecule has 0 fully saturated rings. The Morgan fingerprint density at radius 1 is 0.786 bits per heavy atom. The zero-order chi connectivity index (χ0) is 23.0. The number of esters is 1. The molecule has 0 rings (SSSR count). The molecular weight excluding hydrogens is 550 g/mol. The summed E-state index contributed by atoms with van der Waals surface area (Å²) in [7, 11) is 0. The fraction of sp³-hybridized carbons (Fsp3) is 0.917. The van der Waals surface area contributed by atoms with Gasteiger partial charge in [0.15, 0.2) is 0 Å². The third-order valence-electron chi connectivity index (χ3n) is 3.21. The molecule has 1 atom stereocenters. The van der Waals surface area contributed by atoms with Crippen molar-refractivity contribution in [2.75, 3.05) is 6.61 Å².